The van der Waals surface area contributed by atoms with E-state index < -0.39 is 16.0 Å². The van der Waals surface area contributed by atoms with Gasteiger partial charge < -0.3 is 10.0 Å². The Bertz CT molecular complexity index is 631. The molecule has 0 radical (unpaired) electrons. The smallest absolute Gasteiger partial charge is 0.336 e. The Labute approximate surface area is 133 Å². The number of likely N-dealkylation sites (N-methyl/N-ethyl adjacent to an activating group) is 1. The van der Waals surface area contributed by atoms with E-state index in [2.05, 4.69) is 20.7 Å². The van der Waals surface area contributed by atoms with Crippen molar-refractivity contribution in [2.75, 3.05) is 26.7 Å². The fourth-order valence-corrected chi connectivity index (χ4v) is 3.33. The van der Waals surface area contributed by atoms with Crippen molar-refractivity contribution < 1.29 is 18.3 Å². The molecule has 0 bridgehead atoms. The van der Waals surface area contributed by atoms with Gasteiger partial charge in [-0.05, 0) is 38.2 Å². The van der Waals surface area contributed by atoms with E-state index in [9.17, 15) is 13.2 Å². The first-order valence-electron chi connectivity index (χ1n) is 6.40. The van der Waals surface area contributed by atoms with Gasteiger partial charge in [-0.15, -0.1) is 0 Å². The largest absolute Gasteiger partial charge is 0.478 e. The van der Waals surface area contributed by atoms with E-state index in [4.69, 9.17) is 5.11 Å². The third kappa shape index (κ3) is 4.77. The predicted molar refractivity (Wildman–Crippen MR) is 84.2 cm³/mol. The van der Waals surface area contributed by atoms with Crippen LogP contribution in [0.5, 0.6) is 0 Å². The molecule has 118 valence electrons. The number of rotatable bonds is 7. The SMILES string of the molecule is CCN(C)CCNS(=O)(=O)c1cc(Br)c(C)c(C(=O)O)c1. The summed E-state index contributed by atoms with van der Waals surface area (Å²) in [5, 5.41) is 9.12. The summed E-state index contributed by atoms with van der Waals surface area (Å²) in [6, 6.07) is 2.59. The lowest BCUT2D eigenvalue weighted by Crippen LogP contribution is -2.33. The van der Waals surface area contributed by atoms with Crippen LogP contribution in [0.15, 0.2) is 21.5 Å². The van der Waals surface area contributed by atoms with Gasteiger partial charge in [-0.2, -0.15) is 0 Å². The van der Waals surface area contributed by atoms with Gasteiger partial charge in [0.15, 0.2) is 0 Å². The minimum Gasteiger partial charge on any atom is -0.478 e. The molecule has 21 heavy (non-hydrogen) atoms. The minimum atomic E-state index is -3.73. The molecule has 1 aromatic rings. The molecule has 0 heterocycles. The van der Waals surface area contributed by atoms with Crippen LogP contribution in [0.25, 0.3) is 0 Å². The summed E-state index contributed by atoms with van der Waals surface area (Å²) in [5.41, 5.74) is 0.461. The number of carbonyl (C=O) groups is 1. The second-order valence-corrected chi connectivity index (χ2v) is 7.30. The third-order valence-corrected chi connectivity index (χ3v) is 5.45. The van der Waals surface area contributed by atoms with Gasteiger partial charge in [-0.3, -0.25) is 0 Å². The van der Waals surface area contributed by atoms with Gasteiger partial charge in [-0.1, -0.05) is 22.9 Å². The zero-order valence-electron chi connectivity index (χ0n) is 12.2. The number of carboxylic acid groups (broad SMARTS) is 1. The van der Waals surface area contributed by atoms with Gasteiger partial charge >= 0.3 is 5.97 Å². The number of nitrogens with one attached hydrogen (secondary N) is 1. The van der Waals surface area contributed by atoms with E-state index in [1.165, 1.54) is 12.1 Å². The molecule has 1 rings (SSSR count). The van der Waals surface area contributed by atoms with Crippen LogP contribution in [0.2, 0.25) is 0 Å². The molecule has 0 aromatic heterocycles. The lowest BCUT2D eigenvalue weighted by molar-refractivity contribution is 0.0695. The van der Waals surface area contributed by atoms with Crippen molar-refractivity contribution >= 4 is 31.9 Å². The Hall–Kier alpha value is -0.960. The summed E-state index contributed by atoms with van der Waals surface area (Å²) < 4.78 is 27.3. The lowest BCUT2D eigenvalue weighted by Gasteiger charge is -2.15. The molecule has 2 N–H and O–H groups in total. The van der Waals surface area contributed by atoms with Crippen molar-refractivity contribution in [3.8, 4) is 0 Å². The quantitative estimate of drug-likeness (QED) is 0.753. The van der Waals surface area contributed by atoms with Crippen molar-refractivity contribution in [1.29, 1.82) is 0 Å². The summed E-state index contributed by atoms with van der Waals surface area (Å²) in [5.74, 6) is -1.16. The highest BCUT2D eigenvalue weighted by Crippen LogP contribution is 2.24. The number of nitrogens with zero attached hydrogens (tertiary/aromatic N) is 1. The van der Waals surface area contributed by atoms with Crippen molar-refractivity contribution in [1.82, 2.24) is 9.62 Å². The van der Waals surface area contributed by atoms with Crippen LogP contribution >= 0.6 is 15.9 Å². The van der Waals surface area contributed by atoms with Crippen molar-refractivity contribution in [2.45, 2.75) is 18.7 Å². The third-order valence-electron chi connectivity index (χ3n) is 3.18. The minimum absolute atomic E-state index is 0.0320. The van der Waals surface area contributed by atoms with E-state index in [-0.39, 0.29) is 17.0 Å². The summed E-state index contributed by atoms with van der Waals surface area (Å²) in [7, 11) is -1.84. The number of hydrogen-bond donors (Lipinski definition) is 2. The summed E-state index contributed by atoms with van der Waals surface area (Å²) in [6.45, 7) is 5.26. The van der Waals surface area contributed by atoms with Crippen molar-refractivity contribution in [3.63, 3.8) is 0 Å². The lowest BCUT2D eigenvalue weighted by atomic mass is 10.1. The van der Waals surface area contributed by atoms with E-state index in [0.29, 0.717) is 16.6 Å². The van der Waals surface area contributed by atoms with Crippen LogP contribution in [0, 0.1) is 6.92 Å². The number of sulfonamides is 1. The highest BCUT2D eigenvalue weighted by Gasteiger charge is 2.19. The maximum absolute atomic E-state index is 12.2. The topological polar surface area (TPSA) is 86.7 Å². The second-order valence-electron chi connectivity index (χ2n) is 4.68. The normalized spacial score (nSPS) is 11.9. The van der Waals surface area contributed by atoms with E-state index in [1.54, 1.807) is 6.92 Å². The van der Waals surface area contributed by atoms with Gasteiger partial charge in [0.25, 0.3) is 0 Å². The zero-order chi connectivity index (χ0) is 16.2. The van der Waals surface area contributed by atoms with Gasteiger partial charge in [0, 0.05) is 17.6 Å². The number of carboxylic acids is 1. The van der Waals surface area contributed by atoms with Crippen molar-refractivity contribution in [3.05, 3.63) is 27.7 Å². The van der Waals surface area contributed by atoms with E-state index in [0.717, 1.165) is 6.54 Å². The Morgan fingerprint density at radius 1 is 1.43 bits per heavy atom. The number of benzene rings is 1. The molecule has 0 fully saturated rings. The maximum Gasteiger partial charge on any atom is 0.336 e. The maximum atomic E-state index is 12.2. The fourth-order valence-electron chi connectivity index (χ4n) is 1.64. The number of aromatic carboxylic acids is 1. The summed E-state index contributed by atoms with van der Waals surface area (Å²) in [6.07, 6.45) is 0. The predicted octanol–water partition coefficient (Wildman–Crippen LogP) is 1.69. The summed E-state index contributed by atoms with van der Waals surface area (Å²) >= 11 is 3.20. The van der Waals surface area contributed by atoms with Crippen LogP contribution in [-0.2, 0) is 10.0 Å². The first kappa shape index (κ1) is 18.1. The average molecular weight is 379 g/mol. The van der Waals surface area contributed by atoms with Crippen LogP contribution in [0.4, 0.5) is 0 Å². The molecule has 0 aliphatic heterocycles. The molecule has 0 unspecified atom stereocenters. The van der Waals surface area contributed by atoms with Crippen molar-refractivity contribution in [2.24, 2.45) is 0 Å². The average Bonchev–Trinajstić information content (AvgIpc) is 2.40. The number of halogens is 1. The highest BCUT2D eigenvalue weighted by atomic mass is 79.9. The van der Waals surface area contributed by atoms with Gasteiger partial charge in [-0.25, -0.2) is 17.9 Å². The molecule has 0 saturated carbocycles. The van der Waals surface area contributed by atoms with E-state index >= 15 is 0 Å². The molecule has 0 spiro atoms. The molecular weight excluding hydrogens is 360 g/mol. The van der Waals surface area contributed by atoms with E-state index in [1.807, 2.05) is 18.9 Å². The molecule has 0 aliphatic carbocycles. The molecule has 1 aromatic carbocycles. The van der Waals surface area contributed by atoms with Crippen LogP contribution in [0.1, 0.15) is 22.8 Å². The summed E-state index contributed by atoms with van der Waals surface area (Å²) in [4.78, 5) is 13.1. The standard InChI is InChI=1S/C13H19BrN2O4S/c1-4-16(3)6-5-15-21(19,20)10-7-11(13(17)18)9(2)12(14)8-10/h7-8,15H,4-6H2,1-3H3,(H,17,18). The molecule has 0 amide bonds. The molecule has 0 aliphatic rings. The Balaban J connectivity index is 3.01. The van der Waals surface area contributed by atoms with Crippen LogP contribution < -0.4 is 4.72 Å². The first-order chi connectivity index (χ1) is 9.69. The Morgan fingerprint density at radius 3 is 2.57 bits per heavy atom. The highest BCUT2D eigenvalue weighted by molar-refractivity contribution is 9.10. The second kappa shape index (κ2) is 7.35. The fraction of sp³-hybridized carbons (Fsp3) is 0.462. The van der Waals surface area contributed by atoms with Crippen LogP contribution in [-0.4, -0.2) is 51.1 Å². The molecular formula is C13H19BrN2O4S. The Morgan fingerprint density at radius 2 is 2.05 bits per heavy atom. The molecule has 0 saturated heterocycles. The van der Waals surface area contributed by atoms with Gasteiger partial charge in [0.1, 0.15) is 0 Å². The van der Waals surface area contributed by atoms with Gasteiger partial charge in [0.2, 0.25) is 10.0 Å². The van der Waals surface area contributed by atoms with Crippen LogP contribution in [0.3, 0.4) is 0 Å². The number of hydrogen-bond acceptors (Lipinski definition) is 4. The first-order valence-corrected chi connectivity index (χ1v) is 8.68. The molecule has 6 nitrogen and oxygen atoms in total. The monoisotopic (exact) mass is 378 g/mol. The molecule has 8 heteroatoms. The Kier molecular flexibility index (Phi) is 6.33. The van der Waals surface area contributed by atoms with Gasteiger partial charge in [0.05, 0.1) is 10.5 Å². The zero-order valence-corrected chi connectivity index (χ0v) is 14.6. The molecule has 0 atom stereocenters.